The number of hydrogen-bond acceptors (Lipinski definition) is 7. The molecule has 0 saturated carbocycles. The number of aliphatic imine (C=N–C) groups is 1. The third kappa shape index (κ3) is 4.48. The molecule has 10 heteroatoms. The number of carbonyl (C=O) groups is 1. The van der Waals surface area contributed by atoms with Crippen molar-refractivity contribution in [2.24, 2.45) is 15.2 Å². The van der Waals surface area contributed by atoms with Crippen molar-refractivity contribution in [1.29, 1.82) is 0 Å². The lowest BCUT2D eigenvalue weighted by atomic mass is 9.97. The van der Waals surface area contributed by atoms with Crippen LogP contribution in [0, 0.1) is 0 Å². The van der Waals surface area contributed by atoms with E-state index >= 15 is 0 Å². The molecule has 42 heavy (non-hydrogen) atoms. The summed E-state index contributed by atoms with van der Waals surface area (Å²) in [7, 11) is 0. The Morgan fingerprint density at radius 1 is 0.952 bits per heavy atom. The summed E-state index contributed by atoms with van der Waals surface area (Å²) < 4.78 is 9.49. The molecule has 206 valence electrons. The van der Waals surface area contributed by atoms with Crippen LogP contribution in [0.5, 0.6) is 6.01 Å². The minimum Gasteiger partial charge on any atom is -0.478 e. The Morgan fingerprint density at radius 3 is 2.55 bits per heavy atom. The number of carboxylic acid groups (broad SMARTS) is 1. The number of azo groups is 1. The summed E-state index contributed by atoms with van der Waals surface area (Å²) in [4.78, 5) is 21.0. The van der Waals surface area contributed by atoms with E-state index in [0.717, 1.165) is 38.8 Å². The van der Waals surface area contributed by atoms with E-state index < -0.39 is 5.97 Å². The largest absolute Gasteiger partial charge is 0.478 e. The van der Waals surface area contributed by atoms with Gasteiger partial charge in [0.1, 0.15) is 0 Å². The molecule has 7 rings (SSSR count). The van der Waals surface area contributed by atoms with Crippen LogP contribution >= 0.6 is 0 Å². The van der Waals surface area contributed by atoms with Crippen molar-refractivity contribution in [2.45, 2.75) is 13.5 Å². The number of nitrogens with zero attached hydrogens (tertiary/aromatic N) is 7. The summed E-state index contributed by atoms with van der Waals surface area (Å²) in [5.74, 6) is -0.414. The fraction of sp³-hybridized carbons (Fsp3) is 0.125. The molecule has 0 unspecified atom stereocenters. The summed E-state index contributed by atoms with van der Waals surface area (Å²) in [6.07, 6.45) is 2.01. The van der Waals surface area contributed by atoms with Crippen LogP contribution in [0.1, 0.15) is 28.4 Å². The molecule has 1 N–H and O–H groups in total. The zero-order valence-corrected chi connectivity index (χ0v) is 22.7. The van der Waals surface area contributed by atoms with Gasteiger partial charge in [-0.2, -0.15) is 15.2 Å². The first-order valence-corrected chi connectivity index (χ1v) is 13.5. The first-order chi connectivity index (χ1) is 20.6. The second kappa shape index (κ2) is 10.4. The van der Waals surface area contributed by atoms with Crippen molar-refractivity contribution in [3.05, 3.63) is 108 Å². The Balaban J connectivity index is 1.28. The van der Waals surface area contributed by atoms with Crippen molar-refractivity contribution in [1.82, 2.24) is 19.3 Å². The van der Waals surface area contributed by atoms with Gasteiger partial charge in [0.05, 0.1) is 41.0 Å². The Labute approximate surface area is 240 Å². The summed E-state index contributed by atoms with van der Waals surface area (Å²) in [5, 5.41) is 23.9. The van der Waals surface area contributed by atoms with Crippen LogP contribution < -0.4 is 4.74 Å². The average molecular weight is 556 g/mol. The lowest BCUT2D eigenvalue weighted by Crippen LogP contribution is -2.08. The number of rotatable bonds is 8. The van der Waals surface area contributed by atoms with Crippen LogP contribution in [0.3, 0.4) is 0 Å². The van der Waals surface area contributed by atoms with E-state index in [0.29, 0.717) is 42.7 Å². The molecule has 0 saturated heterocycles. The Hall–Kier alpha value is -5.64. The number of carboxylic acids is 1. The second-order valence-corrected chi connectivity index (χ2v) is 9.82. The topological polar surface area (TPSA) is 119 Å². The number of imidazole rings is 1. The van der Waals surface area contributed by atoms with Crippen molar-refractivity contribution in [3.8, 4) is 22.8 Å². The van der Waals surface area contributed by atoms with Crippen LogP contribution in [-0.4, -0.2) is 49.5 Å². The number of para-hydroxylation sites is 1. The fourth-order valence-electron chi connectivity index (χ4n) is 5.27. The number of ether oxygens (including phenoxy) is 1. The van der Waals surface area contributed by atoms with Crippen molar-refractivity contribution in [3.63, 3.8) is 0 Å². The fourth-order valence-corrected chi connectivity index (χ4v) is 5.27. The maximum atomic E-state index is 12.0. The van der Waals surface area contributed by atoms with Gasteiger partial charge >= 0.3 is 5.97 Å². The number of amidine groups is 1. The molecule has 0 amide bonds. The number of aromatic nitrogens is 4. The molecule has 3 heterocycles. The molecule has 10 nitrogen and oxygen atoms in total. The van der Waals surface area contributed by atoms with Crippen molar-refractivity contribution in [2.75, 3.05) is 13.3 Å². The third-order valence-electron chi connectivity index (χ3n) is 7.21. The molecular formula is C32H25N7O3. The van der Waals surface area contributed by atoms with Crippen molar-refractivity contribution < 1.29 is 14.6 Å². The van der Waals surface area contributed by atoms with Gasteiger partial charge in [-0.05, 0) is 60.0 Å². The lowest BCUT2D eigenvalue weighted by Gasteiger charge is -2.13. The van der Waals surface area contributed by atoms with E-state index in [2.05, 4.69) is 26.3 Å². The highest BCUT2D eigenvalue weighted by Gasteiger charge is 2.20. The Kier molecular flexibility index (Phi) is 6.27. The molecule has 0 aliphatic carbocycles. The summed E-state index contributed by atoms with van der Waals surface area (Å²) >= 11 is 0. The monoisotopic (exact) mass is 555 g/mol. The maximum Gasteiger partial charge on any atom is 0.337 e. The quantitative estimate of drug-likeness (QED) is 0.234. The van der Waals surface area contributed by atoms with E-state index in [1.807, 2.05) is 83.0 Å². The molecule has 2 aromatic heterocycles. The van der Waals surface area contributed by atoms with Gasteiger partial charge < -0.3 is 9.84 Å². The van der Waals surface area contributed by atoms with Gasteiger partial charge in [-0.1, -0.05) is 48.5 Å². The van der Waals surface area contributed by atoms with Crippen LogP contribution in [-0.2, 0) is 6.54 Å². The maximum absolute atomic E-state index is 12.0. The third-order valence-corrected chi connectivity index (χ3v) is 7.21. The summed E-state index contributed by atoms with van der Waals surface area (Å²) in [6.45, 7) is 3.00. The zero-order valence-electron chi connectivity index (χ0n) is 22.7. The molecule has 0 radical (unpaired) electrons. The van der Waals surface area contributed by atoms with E-state index in [4.69, 9.17) is 9.84 Å². The molecular weight excluding hydrogens is 530 g/mol. The molecule has 0 spiro atoms. The second-order valence-electron chi connectivity index (χ2n) is 9.82. The normalized spacial score (nSPS) is 12.7. The predicted molar refractivity (Wildman–Crippen MR) is 160 cm³/mol. The van der Waals surface area contributed by atoms with E-state index in [-0.39, 0.29) is 5.56 Å². The van der Waals surface area contributed by atoms with Crippen LogP contribution in [0.15, 0.2) is 106 Å². The predicted octanol–water partition coefficient (Wildman–Crippen LogP) is 6.36. The summed E-state index contributed by atoms with van der Waals surface area (Å²) in [6, 6.07) is 27.7. The molecule has 0 atom stereocenters. The van der Waals surface area contributed by atoms with E-state index in [1.165, 1.54) is 0 Å². The molecule has 1 aliphatic rings. The summed E-state index contributed by atoms with van der Waals surface area (Å²) in [5.41, 5.74) is 6.91. The first kappa shape index (κ1) is 25.3. The minimum absolute atomic E-state index is 0.182. The van der Waals surface area contributed by atoms with Crippen molar-refractivity contribution >= 4 is 33.7 Å². The first-order valence-electron chi connectivity index (χ1n) is 13.5. The lowest BCUT2D eigenvalue weighted by molar-refractivity contribution is 0.0698. The smallest absolute Gasteiger partial charge is 0.337 e. The van der Waals surface area contributed by atoms with Gasteiger partial charge in [-0.3, -0.25) is 4.57 Å². The number of fused-ring (bicyclic) bond motifs is 2. The standard InChI is InChI=1S/C32H25N7O3/c1-2-42-32-35-28-9-5-7-25(31(40)41)29(28)38(32)17-20-10-12-21(13-11-20)26-16-23(14-15-24(26)30-33-19-34-36-30)39-18-22-6-3-4-8-27(22)37-39/h3-16,18H,2,17,19H2,1H3,(H,40,41). The van der Waals surface area contributed by atoms with Crippen LogP contribution in [0.4, 0.5) is 0 Å². The highest BCUT2D eigenvalue weighted by Crippen LogP contribution is 2.31. The Morgan fingerprint density at radius 2 is 1.79 bits per heavy atom. The zero-order chi connectivity index (χ0) is 28.6. The highest BCUT2D eigenvalue weighted by atomic mass is 16.5. The minimum atomic E-state index is -1.01. The van der Waals surface area contributed by atoms with Gasteiger partial charge in [-0.25, -0.2) is 14.5 Å². The number of hydrogen-bond donors (Lipinski definition) is 1. The van der Waals surface area contributed by atoms with Gasteiger partial charge in [0.25, 0.3) is 6.01 Å². The molecule has 6 aromatic rings. The van der Waals surface area contributed by atoms with E-state index in [9.17, 15) is 9.90 Å². The molecule has 4 aromatic carbocycles. The van der Waals surface area contributed by atoms with Crippen LogP contribution in [0.25, 0.3) is 38.8 Å². The average Bonchev–Trinajstić information content (AvgIpc) is 3.77. The SMILES string of the molecule is CCOc1nc2cccc(C(=O)O)c2n1Cc1ccc(-c2cc(-n3cc4ccccc4n3)ccc2C2=NCN=N2)cc1. The van der Waals surface area contributed by atoms with Gasteiger partial charge in [0.2, 0.25) is 0 Å². The van der Waals surface area contributed by atoms with Gasteiger partial charge in [0.15, 0.2) is 12.5 Å². The van der Waals surface area contributed by atoms with E-state index in [1.54, 1.807) is 18.2 Å². The Bertz CT molecular complexity index is 2000. The number of benzene rings is 4. The molecule has 0 bridgehead atoms. The highest BCUT2D eigenvalue weighted by molar-refractivity contribution is 6.05. The van der Waals surface area contributed by atoms with Gasteiger partial charge in [-0.15, -0.1) is 5.11 Å². The van der Waals surface area contributed by atoms with Crippen LogP contribution in [0.2, 0.25) is 0 Å². The molecule has 0 fully saturated rings. The molecule has 1 aliphatic heterocycles. The van der Waals surface area contributed by atoms with Gasteiger partial charge in [0, 0.05) is 17.1 Å². The number of aromatic carboxylic acids is 1.